The van der Waals surface area contributed by atoms with Crippen molar-refractivity contribution in [2.75, 3.05) is 0 Å². The van der Waals surface area contributed by atoms with Crippen LogP contribution in [0, 0.1) is 10.1 Å². The summed E-state index contributed by atoms with van der Waals surface area (Å²) in [4.78, 5) is 52.6. The van der Waals surface area contributed by atoms with Crippen molar-refractivity contribution < 1.29 is 9.72 Å². The molecule has 1 aliphatic carbocycles. The number of H-pyrrole nitrogens is 3. The minimum absolute atomic E-state index is 0.0773. The first-order valence-electron chi connectivity index (χ1n) is 10.5. The summed E-state index contributed by atoms with van der Waals surface area (Å²) < 4.78 is 0. The van der Waals surface area contributed by atoms with Crippen LogP contribution in [0.3, 0.4) is 0 Å². The fourth-order valence-corrected chi connectivity index (χ4v) is 4.43. The van der Waals surface area contributed by atoms with E-state index in [-0.39, 0.29) is 36.0 Å². The average molecular weight is 462 g/mol. The van der Waals surface area contributed by atoms with Gasteiger partial charge in [-0.3, -0.25) is 24.5 Å². The largest absolute Gasteiger partial charge is 0.353 e. The summed E-state index contributed by atoms with van der Waals surface area (Å²) in [5, 5.41) is 28.5. The Morgan fingerprint density at radius 2 is 1.97 bits per heavy atom. The highest BCUT2D eigenvalue weighted by Crippen LogP contribution is 2.34. The fraction of sp³-hybridized carbons (Fsp3) is 0.238. The normalized spacial score (nSPS) is 15.1. The number of tetrazole rings is 1. The summed E-state index contributed by atoms with van der Waals surface area (Å²) in [6, 6.07) is 8.18. The number of rotatable bonds is 5. The Morgan fingerprint density at radius 1 is 1.18 bits per heavy atom. The second-order valence-electron chi connectivity index (χ2n) is 8.02. The number of amides is 1. The van der Waals surface area contributed by atoms with E-state index >= 15 is 0 Å². The predicted octanol–water partition coefficient (Wildman–Crippen LogP) is 0.521. The van der Waals surface area contributed by atoms with Crippen LogP contribution >= 0.6 is 0 Å². The van der Waals surface area contributed by atoms with Crippen LogP contribution in [-0.2, 0) is 24.1 Å². The molecular weight excluding hydrogens is 444 g/mol. The maximum absolute atomic E-state index is 12.9. The van der Waals surface area contributed by atoms with Gasteiger partial charge in [0.25, 0.3) is 5.69 Å². The molecule has 5 rings (SSSR count). The summed E-state index contributed by atoms with van der Waals surface area (Å²) in [5.74, 6) is 0.146. The van der Waals surface area contributed by atoms with Crippen LogP contribution in [0.25, 0.3) is 22.4 Å². The molecule has 2 aromatic carbocycles. The first-order chi connectivity index (χ1) is 16.4. The number of aromatic nitrogens is 6. The molecule has 0 saturated heterocycles. The number of hydrogen-bond acceptors (Lipinski definition) is 8. The number of nitrogens with zero attached hydrogens (tertiary/aromatic N) is 4. The van der Waals surface area contributed by atoms with Crippen LogP contribution in [-0.4, -0.2) is 47.5 Å². The van der Waals surface area contributed by atoms with Gasteiger partial charge in [0.1, 0.15) is 0 Å². The molecule has 1 amide bonds. The third-order valence-corrected chi connectivity index (χ3v) is 5.93. The van der Waals surface area contributed by atoms with Crippen LogP contribution in [0.15, 0.2) is 39.9 Å². The van der Waals surface area contributed by atoms with E-state index in [2.05, 4.69) is 35.9 Å². The average Bonchev–Trinajstić information content (AvgIpc) is 3.34. The summed E-state index contributed by atoms with van der Waals surface area (Å²) in [7, 11) is 0. The molecule has 0 fully saturated rings. The van der Waals surface area contributed by atoms with E-state index in [1.165, 1.54) is 6.07 Å². The number of aromatic amines is 3. The molecule has 4 N–H and O–H groups in total. The van der Waals surface area contributed by atoms with Crippen molar-refractivity contribution in [2.24, 2.45) is 0 Å². The van der Waals surface area contributed by atoms with Crippen molar-refractivity contribution >= 4 is 22.6 Å². The van der Waals surface area contributed by atoms with E-state index in [9.17, 15) is 24.5 Å². The van der Waals surface area contributed by atoms with Crippen molar-refractivity contribution in [1.82, 2.24) is 35.9 Å². The highest BCUT2D eigenvalue weighted by Gasteiger charge is 2.29. The Balaban J connectivity index is 1.42. The number of nitro benzene ring substituents is 1. The first kappa shape index (κ1) is 21.2. The molecule has 13 heteroatoms. The van der Waals surface area contributed by atoms with Crippen LogP contribution in [0.5, 0.6) is 0 Å². The van der Waals surface area contributed by atoms with E-state index in [1.807, 2.05) is 12.1 Å². The van der Waals surface area contributed by atoms with Crippen LogP contribution < -0.4 is 16.4 Å². The molecular formula is C21H18N8O5. The molecule has 0 bridgehead atoms. The van der Waals surface area contributed by atoms with Crippen molar-refractivity contribution in [3.63, 3.8) is 0 Å². The third-order valence-electron chi connectivity index (χ3n) is 5.93. The minimum Gasteiger partial charge on any atom is -0.353 e. The molecule has 34 heavy (non-hydrogen) atoms. The number of nitro groups is 1. The molecule has 1 atom stereocenters. The van der Waals surface area contributed by atoms with E-state index in [4.69, 9.17) is 0 Å². The predicted molar refractivity (Wildman–Crippen MR) is 119 cm³/mol. The lowest BCUT2D eigenvalue weighted by molar-refractivity contribution is -0.385. The van der Waals surface area contributed by atoms with Crippen LogP contribution in [0.2, 0.25) is 0 Å². The summed E-state index contributed by atoms with van der Waals surface area (Å²) in [6.45, 7) is 0. The van der Waals surface area contributed by atoms with E-state index < -0.39 is 16.0 Å². The Bertz CT molecular complexity index is 1540. The zero-order chi connectivity index (χ0) is 23.8. The SMILES string of the molecule is O=C(Cc1ccccc1-c1nn[nH]n1)NC1CCc2c([N+](=O)[O-])cc3[nH]c(=O)c(=O)[nH]c3c2C1. The number of carbonyl (C=O) groups is 1. The van der Waals surface area contributed by atoms with Gasteiger partial charge in [0.2, 0.25) is 11.7 Å². The van der Waals surface area contributed by atoms with Gasteiger partial charge in [-0.2, -0.15) is 5.21 Å². The standard InChI is InChI=1S/C21H18N8O5/c30-17(7-10-3-1-2-4-12(10)19-25-27-28-26-19)22-11-5-6-13-14(8-11)18-15(9-16(13)29(33)34)23-20(31)21(32)24-18/h1-4,9,11H,5-8H2,(H,22,30)(H,23,31)(H,24,32)(H,25,26,27,28). The lowest BCUT2D eigenvalue weighted by Gasteiger charge is -2.26. The second-order valence-corrected chi connectivity index (χ2v) is 8.02. The lowest BCUT2D eigenvalue weighted by Crippen LogP contribution is -2.40. The van der Waals surface area contributed by atoms with E-state index in [0.717, 1.165) is 5.56 Å². The molecule has 1 unspecified atom stereocenters. The van der Waals surface area contributed by atoms with Crippen molar-refractivity contribution in [1.29, 1.82) is 0 Å². The third kappa shape index (κ3) is 3.83. The monoisotopic (exact) mass is 462 g/mol. The summed E-state index contributed by atoms with van der Waals surface area (Å²) in [6.07, 6.45) is 1.18. The Hall–Kier alpha value is -4.68. The second kappa shape index (κ2) is 8.35. The van der Waals surface area contributed by atoms with Gasteiger partial charge >= 0.3 is 11.1 Å². The topological polar surface area (TPSA) is 192 Å². The van der Waals surface area contributed by atoms with Crippen molar-refractivity contribution in [3.05, 3.63) is 77.8 Å². The van der Waals surface area contributed by atoms with E-state index in [1.54, 1.807) is 12.1 Å². The van der Waals surface area contributed by atoms with Gasteiger partial charge in [-0.15, -0.1) is 10.2 Å². The van der Waals surface area contributed by atoms with Gasteiger partial charge in [0.05, 0.1) is 22.4 Å². The van der Waals surface area contributed by atoms with Gasteiger partial charge in [0, 0.05) is 23.2 Å². The quantitative estimate of drug-likeness (QED) is 0.187. The minimum atomic E-state index is -0.886. The van der Waals surface area contributed by atoms with Crippen molar-refractivity contribution in [3.8, 4) is 11.4 Å². The van der Waals surface area contributed by atoms with Crippen LogP contribution in [0.1, 0.15) is 23.1 Å². The Morgan fingerprint density at radius 3 is 2.74 bits per heavy atom. The van der Waals surface area contributed by atoms with Gasteiger partial charge in [-0.05, 0) is 35.6 Å². The van der Waals surface area contributed by atoms with Gasteiger partial charge in [-0.1, -0.05) is 24.3 Å². The molecule has 0 saturated carbocycles. The zero-order valence-electron chi connectivity index (χ0n) is 17.6. The number of hydrogen-bond donors (Lipinski definition) is 4. The summed E-state index contributed by atoms with van der Waals surface area (Å²) in [5.41, 5.74) is 1.11. The lowest BCUT2D eigenvalue weighted by atomic mass is 9.86. The maximum atomic E-state index is 12.9. The smallest absolute Gasteiger partial charge is 0.314 e. The number of fused-ring (bicyclic) bond motifs is 3. The highest BCUT2D eigenvalue weighted by atomic mass is 16.6. The molecule has 13 nitrogen and oxygen atoms in total. The first-order valence-corrected chi connectivity index (χ1v) is 10.5. The highest BCUT2D eigenvalue weighted by molar-refractivity contribution is 5.84. The molecule has 2 aromatic heterocycles. The Labute approximate surface area is 189 Å². The fourth-order valence-electron chi connectivity index (χ4n) is 4.43. The van der Waals surface area contributed by atoms with Gasteiger partial charge < -0.3 is 15.3 Å². The number of nitrogens with one attached hydrogen (secondary N) is 4. The number of carbonyl (C=O) groups excluding carboxylic acids is 1. The molecule has 0 aliphatic heterocycles. The molecule has 4 aromatic rings. The van der Waals surface area contributed by atoms with E-state index in [0.29, 0.717) is 40.9 Å². The van der Waals surface area contributed by atoms with Gasteiger partial charge in [0.15, 0.2) is 0 Å². The maximum Gasteiger partial charge on any atom is 0.314 e. The summed E-state index contributed by atoms with van der Waals surface area (Å²) >= 11 is 0. The molecule has 0 radical (unpaired) electrons. The van der Waals surface area contributed by atoms with Gasteiger partial charge in [-0.25, -0.2) is 0 Å². The van der Waals surface area contributed by atoms with Crippen LogP contribution in [0.4, 0.5) is 5.69 Å². The van der Waals surface area contributed by atoms with Crippen molar-refractivity contribution in [2.45, 2.75) is 31.7 Å². The zero-order valence-corrected chi connectivity index (χ0v) is 17.6. The molecule has 1 aliphatic rings. The molecule has 0 spiro atoms. The molecule has 2 heterocycles. The molecule has 172 valence electrons. The Kier molecular flexibility index (Phi) is 5.20. The number of benzene rings is 2.